The Hall–Kier alpha value is -3.53. The van der Waals surface area contributed by atoms with Crippen molar-refractivity contribution in [2.24, 2.45) is 0 Å². The van der Waals surface area contributed by atoms with E-state index in [0.717, 1.165) is 27.5 Å². The van der Waals surface area contributed by atoms with E-state index in [-0.39, 0.29) is 5.91 Å². The lowest BCUT2D eigenvalue weighted by atomic mass is 10.2. The van der Waals surface area contributed by atoms with E-state index in [1.54, 1.807) is 12.3 Å². The monoisotopic (exact) mass is 325 g/mol. The molecule has 0 aliphatic rings. The number of fused-ring (bicyclic) bond motifs is 2. The van der Waals surface area contributed by atoms with Crippen molar-refractivity contribution in [3.63, 3.8) is 0 Å². The van der Waals surface area contributed by atoms with Gasteiger partial charge in [-0.1, -0.05) is 42.5 Å². The van der Waals surface area contributed by atoms with Crippen molar-refractivity contribution in [2.45, 2.75) is 0 Å². The van der Waals surface area contributed by atoms with Crippen LogP contribution in [-0.2, 0) is 4.79 Å². The molecule has 0 saturated carbocycles. The smallest absolute Gasteiger partial charge is 0.248 e. The molecule has 0 bridgehead atoms. The third kappa shape index (κ3) is 3.38. The molecule has 1 N–H and O–H groups in total. The van der Waals surface area contributed by atoms with Crippen LogP contribution in [0.3, 0.4) is 0 Å². The number of carbonyl (C=O) groups excluding carboxylic acids is 1. The van der Waals surface area contributed by atoms with Gasteiger partial charge in [0.05, 0.1) is 28.6 Å². The topological polar surface area (TPSA) is 54.9 Å². The van der Waals surface area contributed by atoms with Crippen molar-refractivity contribution < 1.29 is 4.79 Å². The lowest BCUT2D eigenvalue weighted by Gasteiger charge is -2.03. The number of hydrogen-bond acceptors (Lipinski definition) is 3. The Labute approximate surface area is 144 Å². The summed E-state index contributed by atoms with van der Waals surface area (Å²) >= 11 is 0. The highest BCUT2D eigenvalue weighted by molar-refractivity contribution is 6.02. The molecule has 4 rings (SSSR count). The van der Waals surface area contributed by atoms with Crippen LogP contribution in [0.1, 0.15) is 5.69 Å². The molecule has 2 heterocycles. The maximum absolute atomic E-state index is 12.1. The van der Waals surface area contributed by atoms with E-state index in [2.05, 4.69) is 15.3 Å². The van der Waals surface area contributed by atoms with Gasteiger partial charge in [-0.2, -0.15) is 0 Å². The first-order valence-electron chi connectivity index (χ1n) is 7.98. The molecule has 0 atom stereocenters. The maximum Gasteiger partial charge on any atom is 0.248 e. The Bertz CT molecular complexity index is 1100. The highest BCUT2D eigenvalue weighted by Crippen LogP contribution is 2.16. The Morgan fingerprint density at radius 2 is 1.64 bits per heavy atom. The Kier molecular flexibility index (Phi) is 3.92. The number of nitrogens with one attached hydrogen (secondary N) is 1. The summed E-state index contributed by atoms with van der Waals surface area (Å²) in [6.07, 6.45) is 4.84. The van der Waals surface area contributed by atoms with Gasteiger partial charge in [0, 0.05) is 16.8 Å². The molecule has 0 aliphatic heterocycles. The zero-order valence-electron chi connectivity index (χ0n) is 13.4. The average Bonchev–Trinajstić information content (AvgIpc) is 2.66. The molecule has 2 aromatic carbocycles. The van der Waals surface area contributed by atoms with Gasteiger partial charge in [-0.25, -0.2) is 4.98 Å². The van der Waals surface area contributed by atoms with Crippen LogP contribution in [0.5, 0.6) is 0 Å². The standard InChI is InChI=1S/C21H15N3O/c25-21(24-18-13-16-6-2-3-7-19(16)22-14-18)12-11-17-10-9-15-5-1-4-8-20(15)23-17/h1-14H,(H,24,25). The van der Waals surface area contributed by atoms with Crippen molar-refractivity contribution in [3.8, 4) is 0 Å². The Morgan fingerprint density at radius 3 is 2.52 bits per heavy atom. The van der Waals surface area contributed by atoms with Crippen molar-refractivity contribution in [3.05, 3.63) is 84.7 Å². The number of hydrogen-bond donors (Lipinski definition) is 1. The summed E-state index contributed by atoms with van der Waals surface area (Å²) in [5.74, 6) is -0.216. The minimum atomic E-state index is -0.216. The molecule has 1 amide bonds. The summed E-state index contributed by atoms with van der Waals surface area (Å²) < 4.78 is 0. The zero-order valence-corrected chi connectivity index (χ0v) is 13.4. The summed E-state index contributed by atoms with van der Waals surface area (Å²) in [5, 5.41) is 4.89. The van der Waals surface area contributed by atoms with Gasteiger partial charge in [0.15, 0.2) is 0 Å². The SMILES string of the molecule is O=C(C=Cc1ccc2ccccc2n1)Nc1cnc2ccccc2c1. The predicted octanol–water partition coefficient (Wildman–Crippen LogP) is 4.43. The molecule has 0 unspecified atom stereocenters. The van der Waals surface area contributed by atoms with Crippen molar-refractivity contribution in [1.29, 1.82) is 0 Å². The van der Waals surface area contributed by atoms with Crippen molar-refractivity contribution in [2.75, 3.05) is 5.32 Å². The summed E-state index contributed by atoms with van der Waals surface area (Å²) in [4.78, 5) is 21.0. The van der Waals surface area contributed by atoms with Crippen LogP contribution < -0.4 is 5.32 Å². The van der Waals surface area contributed by atoms with E-state index in [1.165, 1.54) is 6.08 Å². The molecule has 4 aromatic rings. The molecule has 0 saturated heterocycles. The number of rotatable bonds is 3. The molecular weight excluding hydrogens is 310 g/mol. The van der Waals surface area contributed by atoms with E-state index < -0.39 is 0 Å². The third-order valence-corrected chi connectivity index (χ3v) is 3.88. The number of aromatic nitrogens is 2. The number of para-hydroxylation sites is 2. The van der Waals surface area contributed by atoms with E-state index >= 15 is 0 Å². The van der Waals surface area contributed by atoms with Gasteiger partial charge in [-0.05, 0) is 30.3 Å². The highest BCUT2D eigenvalue weighted by atomic mass is 16.1. The zero-order chi connectivity index (χ0) is 17.1. The quantitative estimate of drug-likeness (QED) is 0.567. The van der Waals surface area contributed by atoms with Gasteiger partial charge in [0.1, 0.15) is 0 Å². The van der Waals surface area contributed by atoms with E-state index in [0.29, 0.717) is 5.69 Å². The number of pyridine rings is 2. The molecular formula is C21H15N3O. The second-order valence-electron chi connectivity index (χ2n) is 5.67. The van der Waals surface area contributed by atoms with Crippen LogP contribution in [0, 0.1) is 0 Å². The van der Waals surface area contributed by atoms with Crippen molar-refractivity contribution >= 4 is 39.5 Å². The number of benzene rings is 2. The number of nitrogens with zero attached hydrogens (tertiary/aromatic N) is 2. The van der Waals surface area contributed by atoms with Crippen LogP contribution in [0.15, 0.2) is 79.0 Å². The first-order chi connectivity index (χ1) is 12.3. The Balaban J connectivity index is 1.50. The summed E-state index contributed by atoms with van der Waals surface area (Å²) in [7, 11) is 0. The largest absolute Gasteiger partial charge is 0.321 e. The molecule has 2 aromatic heterocycles. The van der Waals surface area contributed by atoms with Crippen LogP contribution in [-0.4, -0.2) is 15.9 Å². The third-order valence-electron chi connectivity index (χ3n) is 3.88. The van der Waals surface area contributed by atoms with Crippen molar-refractivity contribution in [1.82, 2.24) is 9.97 Å². The first-order valence-corrected chi connectivity index (χ1v) is 7.98. The maximum atomic E-state index is 12.1. The molecule has 0 radical (unpaired) electrons. The first kappa shape index (κ1) is 15.0. The molecule has 0 aliphatic carbocycles. The lowest BCUT2D eigenvalue weighted by Crippen LogP contribution is -2.08. The minimum Gasteiger partial charge on any atom is -0.321 e. The van der Waals surface area contributed by atoms with Gasteiger partial charge in [0.2, 0.25) is 5.91 Å². The Morgan fingerprint density at radius 1 is 0.880 bits per heavy atom. The van der Waals surface area contributed by atoms with Crippen LogP contribution in [0.4, 0.5) is 5.69 Å². The molecule has 4 heteroatoms. The fraction of sp³-hybridized carbons (Fsp3) is 0. The summed E-state index contributed by atoms with van der Waals surface area (Å²) in [5.41, 5.74) is 3.21. The lowest BCUT2D eigenvalue weighted by molar-refractivity contribution is -0.111. The highest BCUT2D eigenvalue weighted by Gasteiger charge is 2.01. The minimum absolute atomic E-state index is 0.216. The number of amides is 1. The fourth-order valence-electron chi connectivity index (χ4n) is 2.66. The average molecular weight is 325 g/mol. The van der Waals surface area contributed by atoms with Gasteiger partial charge in [0.25, 0.3) is 0 Å². The predicted molar refractivity (Wildman–Crippen MR) is 101 cm³/mol. The molecule has 120 valence electrons. The van der Waals surface area contributed by atoms with E-state index in [9.17, 15) is 4.79 Å². The van der Waals surface area contributed by atoms with Crippen LogP contribution >= 0.6 is 0 Å². The van der Waals surface area contributed by atoms with Gasteiger partial charge < -0.3 is 5.32 Å². The number of carbonyl (C=O) groups is 1. The molecule has 0 spiro atoms. The van der Waals surface area contributed by atoms with E-state index in [4.69, 9.17) is 0 Å². The molecule has 25 heavy (non-hydrogen) atoms. The molecule has 0 fully saturated rings. The normalized spacial score (nSPS) is 11.2. The van der Waals surface area contributed by atoms with Gasteiger partial charge in [-0.3, -0.25) is 9.78 Å². The van der Waals surface area contributed by atoms with Gasteiger partial charge >= 0.3 is 0 Å². The van der Waals surface area contributed by atoms with Crippen LogP contribution in [0.2, 0.25) is 0 Å². The van der Waals surface area contributed by atoms with Gasteiger partial charge in [-0.15, -0.1) is 0 Å². The summed E-state index contributed by atoms with van der Waals surface area (Å²) in [6, 6.07) is 21.5. The van der Waals surface area contributed by atoms with Crippen LogP contribution in [0.25, 0.3) is 27.9 Å². The van der Waals surface area contributed by atoms with E-state index in [1.807, 2.05) is 66.7 Å². The number of anilines is 1. The fourth-order valence-corrected chi connectivity index (χ4v) is 2.66. The summed E-state index contributed by atoms with van der Waals surface area (Å²) in [6.45, 7) is 0. The second kappa shape index (κ2) is 6.53. The second-order valence-corrected chi connectivity index (χ2v) is 5.67. The molecule has 4 nitrogen and oxygen atoms in total.